The Labute approximate surface area is 144 Å². The molecule has 0 saturated heterocycles. The quantitative estimate of drug-likeness (QED) is 0.793. The second kappa shape index (κ2) is 5.40. The van der Waals surface area contributed by atoms with Crippen molar-refractivity contribution in [2.45, 2.75) is 51.1 Å². The van der Waals surface area contributed by atoms with Crippen molar-refractivity contribution < 1.29 is 9.32 Å². The number of nitrogens with zero attached hydrogens (tertiary/aromatic N) is 4. The van der Waals surface area contributed by atoms with Crippen LogP contribution in [0.3, 0.4) is 0 Å². The Hall–Kier alpha value is -2.70. The lowest BCUT2D eigenvalue weighted by Gasteiger charge is -2.24. The maximum Gasteiger partial charge on any atom is 0.259 e. The van der Waals surface area contributed by atoms with Gasteiger partial charge in [0.2, 0.25) is 0 Å². The number of carbonyl (C=O) groups excluding carboxylic acids is 1. The maximum absolute atomic E-state index is 13.0. The van der Waals surface area contributed by atoms with Crippen molar-refractivity contribution in [1.82, 2.24) is 25.0 Å². The summed E-state index contributed by atoms with van der Waals surface area (Å²) in [5, 5.41) is 7.90. The second-order valence-electron chi connectivity index (χ2n) is 7.02. The molecule has 1 amide bonds. The first kappa shape index (κ1) is 14.6. The molecule has 2 aliphatic rings. The monoisotopic (exact) mass is 337 g/mol. The number of aromatic nitrogens is 4. The minimum atomic E-state index is -0.0748. The van der Waals surface area contributed by atoms with E-state index in [1.165, 1.54) is 0 Å². The summed E-state index contributed by atoms with van der Waals surface area (Å²) in [5.41, 5.74) is 2.74. The molecule has 0 spiro atoms. The van der Waals surface area contributed by atoms with Crippen molar-refractivity contribution in [3.8, 4) is 0 Å². The van der Waals surface area contributed by atoms with Crippen LogP contribution in [0, 0.1) is 6.92 Å². The van der Waals surface area contributed by atoms with Crippen molar-refractivity contribution in [2.24, 2.45) is 0 Å². The number of imidazole rings is 1. The lowest BCUT2D eigenvalue weighted by atomic mass is 10.0. The Bertz CT molecular complexity index is 969. The van der Waals surface area contributed by atoms with E-state index in [0.29, 0.717) is 22.9 Å². The second-order valence-corrected chi connectivity index (χ2v) is 7.02. The average molecular weight is 337 g/mol. The van der Waals surface area contributed by atoms with Gasteiger partial charge in [-0.05, 0) is 32.3 Å². The third kappa shape index (κ3) is 2.50. The van der Waals surface area contributed by atoms with Crippen LogP contribution in [0.25, 0.3) is 11.1 Å². The molecule has 0 radical (unpaired) electrons. The molecule has 1 aliphatic carbocycles. The van der Waals surface area contributed by atoms with E-state index in [0.717, 1.165) is 49.1 Å². The Balaban J connectivity index is 1.46. The highest BCUT2D eigenvalue weighted by atomic mass is 16.5. The first-order chi connectivity index (χ1) is 12.2. The molecule has 7 nitrogen and oxygen atoms in total. The summed E-state index contributed by atoms with van der Waals surface area (Å²) in [5.74, 6) is 1.46. The highest BCUT2D eigenvalue weighted by molar-refractivity contribution is 6.06. The standard InChI is InChI=1S/C18H19N5O2/c1-10-16-13(8-14(11-2-3-11)21-18(16)25-22-10)17(24)20-12-4-5-15-19-6-7-23(15)9-12/h6-8,11-12H,2-5,9H2,1H3,(H,20,24)/t12-/m1/s1. The van der Waals surface area contributed by atoms with Crippen LogP contribution in [0.2, 0.25) is 0 Å². The zero-order valence-corrected chi connectivity index (χ0v) is 14.0. The number of nitrogens with one attached hydrogen (secondary N) is 1. The SMILES string of the molecule is Cc1noc2nc(C3CC3)cc(C(=O)N[C@@H]3CCc4nccn4C3)c12. The van der Waals surface area contributed by atoms with Gasteiger partial charge in [-0.15, -0.1) is 0 Å². The van der Waals surface area contributed by atoms with Crippen LogP contribution in [0.5, 0.6) is 0 Å². The molecular weight excluding hydrogens is 318 g/mol. The molecule has 25 heavy (non-hydrogen) atoms. The van der Waals surface area contributed by atoms with Gasteiger partial charge >= 0.3 is 0 Å². The van der Waals surface area contributed by atoms with Crippen LogP contribution >= 0.6 is 0 Å². The van der Waals surface area contributed by atoms with E-state index >= 15 is 0 Å². The minimum Gasteiger partial charge on any atom is -0.347 e. The number of aryl methyl sites for hydroxylation is 2. The van der Waals surface area contributed by atoms with Crippen LogP contribution in [-0.2, 0) is 13.0 Å². The summed E-state index contributed by atoms with van der Waals surface area (Å²) < 4.78 is 7.44. The third-order valence-corrected chi connectivity index (χ3v) is 5.15. The first-order valence-corrected chi connectivity index (χ1v) is 8.77. The Kier molecular flexibility index (Phi) is 3.16. The van der Waals surface area contributed by atoms with Crippen LogP contribution in [-0.4, -0.2) is 31.6 Å². The molecule has 1 atom stereocenters. The number of hydrogen-bond donors (Lipinski definition) is 1. The normalized spacial score (nSPS) is 19.8. The molecule has 0 unspecified atom stereocenters. The summed E-state index contributed by atoms with van der Waals surface area (Å²) in [6.45, 7) is 2.60. The van der Waals surface area contributed by atoms with Crippen molar-refractivity contribution >= 4 is 17.0 Å². The highest BCUT2D eigenvalue weighted by Crippen LogP contribution is 2.40. The van der Waals surface area contributed by atoms with E-state index in [4.69, 9.17) is 4.52 Å². The van der Waals surface area contributed by atoms with Crippen LogP contribution < -0.4 is 5.32 Å². The Morgan fingerprint density at radius 3 is 3.08 bits per heavy atom. The molecule has 4 heterocycles. The number of fused-ring (bicyclic) bond motifs is 2. The van der Waals surface area contributed by atoms with Gasteiger partial charge in [-0.1, -0.05) is 5.16 Å². The van der Waals surface area contributed by atoms with Crippen LogP contribution in [0.4, 0.5) is 0 Å². The Morgan fingerprint density at radius 1 is 1.36 bits per heavy atom. The maximum atomic E-state index is 13.0. The molecule has 1 N–H and O–H groups in total. The number of hydrogen-bond acceptors (Lipinski definition) is 5. The van der Waals surface area contributed by atoms with Gasteiger partial charge in [0.25, 0.3) is 11.6 Å². The molecule has 3 aromatic heterocycles. The lowest BCUT2D eigenvalue weighted by Crippen LogP contribution is -2.41. The predicted molar refractivity (Wildman–Crippen MR) is 90.3 cm³/mol. The van der Waals surface area contributed by atoms with E-state index in [2.05, 4.69) is 25.0 Å². The fraction of sp³-hybridized carbons (Fsp3) is 0.444. The van der Waals surface area contributed by atoms with E-state index < -0.39 is 0 Å². The zero-order chi connectivity index (χ0) is 17.0. The molecule has 5 rings (SSSR count). The van der Waals surface area contributed by atoms with Gasteiger partial charge in [-0.25, -0.2) is 9.97 Å². The topological polar surface area (TPSA) is 85.8 Å². The van der Waals surface area contributed by atoms with Crippen molar-refractivity contribution in [2.75, 3.05) is 0 Å². The van der Waals surface area contributed by atoms with E-state index in [9.17, 15) is 4.79 Å². The van der Waals surface area contributed by atoms with Gasteiger partial charge in [-0.3, -0.25) is 4.79 Å². The van der Waals surface area contributed by atoms with Gasteiger partial charge in [0, 0.05) is 43.0 Å². The largest absolute Gasteiger partial charge is 0.347 e. The summed E-state index contributed by atoms with van der Waals surface area (Å²) >= 11 is 0. The fourth-order valence-corrected chi connectivity index (χ4v) is 3.63. The zero-order valence-electron chi connectivity index (χ0n) is 14.0. The summed E-state index contributed by atoms with van der Waals surface area (Å²) in [7, 11) is 0. The van der Waals surface area contributed by atoms with Crippen LogP contribution in [0.1, 0.15) is 52.8 Å². The average Bonchev–Trinajstić information content (AvgIpc) is 3.25. The van der Waals surface area contributed by atoms with E-state index in [1.807, 2.05) is 25.4 Å². The minimum absolute atomic E-state index is 0.0748. The van der Waals surface area contributed by atoms with Gasteiger partial charge in [0.05, 0.1) is 16.6 Å². The molecular formula is C18H19N5O2. The molecule has 0 aromatic carbocycles. The van der Waals surface area contributed by atoms with Gasteiger partial charge < -0.3 is 14.4 Å². The van der Waals surface area contributed by atoms with E-state index in [1.54, 1.807) is 0 Å². The number of pyridine rings is 1. The van der Waals surface area contributed by atoms with Crippen molar-refractivity contribution in [3.05, 3.63) is 41.2 Å². The summed E-state index contributed by atoms with van der Waals surface area (Å²) in [6.07, 6.45) is 7.80. The number of rotatable bonds is 3. The lowest BCUT2D eigenvalue weighted by molar-refractivity contribution is 0.0929. The van der Waals surface area contributed by atoms with Gasteiger partial charge in [0.1, 0.15) is 5.82 Å². The predicted octanol–water partition coefficient (Wildman–Crippen LogP) is 2.35. The van der Waals surface area contributed by atoms with Crippen LogP contribution in [0.15, 0.2) is 23.0 Å². The van der Waals surface area contributed by atoms with Gasteiger partial charge in [-0.2, -0.15) is 0 Å². The first-order valence-electron chi connectivity index (χ1n) is 8.77. The smallest absolute Gasteiger partial charge is 0.259 e. The highest BCUT2D eigenvalue weighted by Gasteiger charge is 2.29. The summed E-state index contributed by atoms with van der Waals surface area (Å²) in [6, 6.07) is 2.02. The number of carbonyl (C=O) groups is 1. The molecule has 1 saturated carbocycles. The third-order valence-electron chi connectivity index (χ3n) is 5.15. The number of amides is 1. The fourth-order valence-electron chi connectivity index (χ4n) is 3.63. The molecule has 128 valence electrons. The van der Waals surface area contributed by atoms with E-state index in [-0.39, 0.29) is 11.9 Å². The van der Waals surface area contributed by atoms with Crippen molar-refractivity contribution in [1.29, 1.82) is 0 Å². The summed E-state index contributed by atoms with van der Waals surface area (Å²) in [4.78, 5) is 21.9. The molecule has 0 bridgehead atoms. The Morgan fingerprint density at radius 2 is 2.24 bits per heavy atom. The molecule has 1 aliphatic heterocycles. The van der Waals surface area contributed by atoms with Gasteiger partial charge in [0.15, 0.2) is 0 Å². The molecule has 7 heteroatoms. The van der Waals surface area contributed by atoms with Crippen molar-refractivity contribution in [3.63, 3.8) is 0 Å². The molecule has 1 fully saturated rings. The molecule has 3 aromatic rings.